The van der Waals surface area contributed by atoms with Gasteiger partial charge >= 0.3 is 0 Å². The van der Waals surface area contributed by atoms with Gasteiger partial charge in [-0.25, -0.2) is 0 Å². The summed E-state index contributed by atoms with van der Waals surface area (Å²) >= 11 is 0. The number of benzene rings is 2. The Morgan fingerprint density at radius 1 is 1.06 bits per heavy atom. The Balaban J connectivity index is 1.22. The van der Waals surface area contributed by atoms with E-state index < -0.39 is 11.7 Å². The van der Waals surface area contributed by atoms with Crippen molar-refractivity contribution in [2.75, 3.05) is 20.3 Å². The number of fused-ring (bicyclic) bond motifs is 2. The second-order valence-electron chi connectivity index (χ2n) is 7.38. The Morgan fingerprint density at radius 3 is 2.82 bits per heavy atom. The summed E-state index contributed by atoms with van der Waals surface area (Å²) in [6.45, 7) is 0.263. The SMILES string of the molecule is COc1cccc(-c2nnc3ccc(OCCNC(=O)C(=O)c4c[nH]c5ccccc45)nn23)c1. The zero-order chi connectivity index (χ0) is 23.5. The monoisotopic (exact) mass is 456 g/mol. The molecule has 0 aliphatic carbocycles. The Morgan fingerprint density at radius 2 is 1.94 bits per heavy atom. The van der Waals surface area contributed by atoms with Gasteiger partial charge in [0.25, 0.3) is 11.7 Å². The molecular formula is C24H20N6O4. The molecule has 0 aliphatic heterocycles. The van der Waals surface area contributed by atoms with Gasteiger partial charge in [-0.15, -0.1) is 15.3 Å². The smallest absolute Gasteiger partial charge is 0.292 e. The second kappa shape index (κ2) is 9.02. The summed E-state index contributed by atoms with van der Waals surface area (Å²) < 4.78 is 12.5. The highest BCUT2D eigenvalue weighted by molar-refractivity contribution is 6.44. The molecule has 0 fully saturated rings. The predicted molar refractivity (Wildman–Crippen MR) is 124 cm³/mol. The van der Waals surface area contributed by atoms with Gasteiger partial charge in [-0.2, -0.15) is 4.52 Å². The van der Waals surface area contributed by atoms with Crippen molar-refractivity contribution in [3.8, 4) is 23.0 Å². The van der Waals surface area contributed by atoms with Crippen LogP contribution in [0.2, 0.25) is 0 Å². The van der Waals surface area contributed by atoms with E-state index in [0.29, 0.717) is 34.1 Å². The molecule has 3 heterocycles. The molecule has 0 aliphatic rings. The number of hydrogen-bond acceptors (Lipinski definition) is 7. The first-order chi connectivity index (χ1) is 16.6. The van der Waals surface area contributed by atoms with Crippen LogP contribution in [-0.4, -0.2) is 56.7 Å². The number of nitrogens with one attached hydrogen (secondary N) is 2. The van der Waals surface area contributed by atoms with E-state index in [1.807, 2.05) is 42.5 Å². The number of ether oxygens (including phenoxy) is 2. The molecule has 0 radical (unpaired) electrons. The minimum atomic E-state index is -0.698. The Hall–Kier alpha value is -4.73. The van der Waals surface area contributed by atoms with Gasteiger partial charge in [-0.1, -0.05) is 30.3 Å². The third kappa shape index (κ3) is 4.04. The van der Waals surface area contributed by atoms with Crippen molar-refractivity contribution in [2.24, 2.45) is 0 Å². The van der Waals surface area contributed by atoms with Gasteiger partial charge in [0.2, 0.25) is 5.88 Å². The first-order valence-electron chi connectivity index (χ1n) is 10.5. The molecule has 1 amide bonds. The minimum Gasteiger partial charge on any atom is -0.497 e. The number of nitrogens with zero attached hydrogens (tertiary/aromatic N) is 4. The number of carbonyl (C=O) groups is 2. The van der Waals surface area contributed by atoms with E-state index in [1.165, 1.54) is 0 Å². The zero-order valence-corrected chi connectivity index (χ0v) is 18.2. The zero-order valence-electron chi connectivity index (χ0n) is 18.2. The normalized spacial score (nSPS) is 11.0. The van der Waals surface area contributed by atoms with E-state index in [0.717, 1.165) is 11.1 Å². The van der Waals surface area contributed by atoms with Crippen LogP contribution in [0, 0.1) is 0 Å². The van der Waals surface area contributed by atoms with E-state index in [-0.39, 0.29) is 13.2 Å². The molecule has 34 heavy (non-hydrogen) atoms. The van der Waals surface area contributed by atoms with Crippen molar-refractivity contribution < 1.29 is 19.1 Å². The lowest BCUT2D eigenvalue weighted by atomic mass is 10.1. The molecule has 3 aromatic heterocycles. The first-order valence-corrected chi connectivity index (χ1v) is 10.5. The van der Waals surface area contributed by atoms with Crippen LogP contribution in [-0.2, 0) is 4.79 Å². The maximum atomic E-state index is 12.5. The van der Waals surface area contributed by atoms with Crippen LogP contribution in [0.4, 0.5) is 0 Å². The van der Waals surface area contributed by atoms with Gasteiger partial charge in [-0.3, -0.25) is 9.59 Å². The van der Waals surface area contributed by atoms with Crippen LogP contribution in [0.1, 0.15) is 10.4 Å². The van der Waals surface area contributed by atoms with Crippen LogP contribution < -0.4 is 14.8 Å². The highest BCUT2D eigenvalue weighted by Gasteiger charge is 2.19. The Bertz CT molecular complexity index is 1510. The molecule has 170 valence electrons. The van der Waals surface area contributed by atoms with E-state index in [9.17, 15) is 9.59 Å². The number of carbonyl (C=O) groups excluding carboxylic acids is 2. The van der Waals surface area contributed by atoms with Crippen LogP contribution in [0.25, 0.3) is 27.9 Å². The lowest BCUT2D eigenvalue weighted by Gasteiger charge is -2.07. The number of aromatic nitrogens is 5. The third-order valence-corrected chi connectivity index (χ3v) is 5.24. The summed E-state index contributed by atoms with van der Waals surface area (Å²) in [6, 6.07) is 18.1. The summed E-state index contributed by atoms with van der Waals surface area (Å²) in [6.07, 6.45) is 1.54. The van der Waals surface area contributed by atoms with Crippen LogP contribution in [0.3, 0.4) is 0 Å². The summed E-state index contributed by atoms with van der Waals surface area (Å²) in [7, 11) is 1.60. The summed E-state index contributed by atoms with van der Waals surface area (Å²) in [5.41, 5.74) is 2.48. The molecule has 0 unspecified atom stereocenters. The molecule has 0 atom stereocenters. The highest BCUT2D eigenvalue weighted by atomic mass is 16.5. The topological polar surface area (TPSA) is 123 Å². The average molecular weight is 456 g/mol. The van der Waals surface area contributed by atoms with Crippen molar-refractivity contribution in [3.05, 3.63) is 72.4 Å². The van der Waals surface area contributed by atoms with E-state index in [4.69, 9.17) is 9.47 Å². The fourth-order valence-corrected chi connectivity index (χ4v) is 3.57. The number of Topliss-reactive ketones (excluding diaryl/α,β-unsaturated/α-hetero) is 1. The quantitative estimate of drug-likeness (QED) is 0.209. The average Bonchev–Trinajstić information content (AvgIpc) is 3.50. The number of aromatic amines is 1. The number of ketones is 1. The summed E-state index contributed by atoms with van der Waals surface area (Å²) in [4.78, 5) is 27.8. The van der Waals surface area contributed by atoms with Crippen molar-refractivity contribution in [1.29, 1.82) is 0 Å². The van der Waals surface area contributed by atoms with Crippen molar-refractivity contribution in [1.82, 2.24) is 30.1 Å². The van der Waals surface area contributed by atoms with Crippen LogP contribution >= 0.6 is 0 Å². The second-order valence-corrected chi connectivity index (χ2v) is 7.38. The lowest BCUT2D eigenvalue weighted by molar-refractivity contribution is -0.117. The maximum Gasteiger partial charge on any atom is 0.292 e. The van der Waals surface area contributed by atoms with Gasteiger partial charge in [0.1, 0.15) is 12.4 Å². The van der Waals surface area contributed by atoms with E-state index in [2.05, 4.69) is 25.6 Å². The number of rotatable bonds is 8. The molecule has 0 spiro atoms. The van der Waals surface area contributed by atoms with E-state index >= 15 is 0 Å². The first kappa shape index (κ1) is 21.1. The summed E-state index contributed by atoms with van der Waals surface area (Å²) in [5.74, 6) is 0.255. The minimum absolute atomic E-state index is 0.127. The van der Waals surface area contributed by atoms with Gasteiger partial charge in [0.05, 0.1) is 19.2 Å². The largest absolute Gasteiger partial charge is 0.497 e. The molecule has 5 aromatic rings. The summed E-state index contributed by atoms with van der Waals surface area (Å²) in [5, 5.41) is 16.1. The number of methoxy groups -OCH3 is 1. The van der Waals surface area contributed by atoms with E-state index in [1.54, 1.807) is 36.0 Å². The lowest BCUT2D eigenvalue weighted by Crippen LogP contribution is -2.34. The predicted octanol–water partition coefficient (Wildman–Crippen LogP) is 2.66. The fourth-order valence-electron chi connectivity index (χ4n) is 3.57. The third-order valence-electron chi connectivity index (χ3n) is 5.24. The molecule has 0 bridgehead atoms. The van der Waals surface area contributed by atoms with Gasteiger partial charge in [0, 0.05) is 28.7 Å². The Labute approximate surface area is 193 Å². The maximum absolute atomic E-state index is 12.5. The molecule has 0 saturated carbocycles. The Kier molecular flexibility index (Phi) is 5.61. The molecule has 10 nitrogen and oxygen atoms in total. The van der Waals surface area contributed by atoms with Gasteiger partial charge in [-0.05, 0) is 24.3 Å². The molecule has 0 saturated heterocycles. The standard InChI is InChI=1S/C24H20N6O4/c1-33-16-6-4-5-15(13-16)23-28-27-20-9-10-21(29-30(20)23)34-12-11-25-24(32)22(31)18-14-26-19-8-3-2-7-17(18)19/h2-10,13-14,26H,11-12H2,1H3,(H,25,32). The molecule has 2 N–H and O–H groups in total. The molecule has 2 aromatic carbocycles. The number of para-hydroxylation sites is 1. The van der Waals surface area contributed by atoms with Crippen LogP contribution in [0.5, 0.6) is 11.6 Å². The molecular weight excluding hydrogens is 436 g/mol. The van der Waals surface area contributed by atoms with Crippen molar-refractivity contribution in [3.63, 3.8) is 0 Å². The fraction of sp³-hybridized carbons (Fsp3) is 0.125. The number of hydrogen-bond donors (Lipinski definition) is 2. The highest BCUT2D eigenvalue weighted by Crippen LogP contribution is 2.23. The molecule has 10 heteroatoms. The molecule has 5 rings (SSSR count). The number of H-pyrrole nitrogens is 1. The van der Waals surface area contributed by atoms with Crippen molar-refractivity contribution >= 4 is 28.2 Å². The van der Waals surface area contributed by atoms with Crippen LogP contribution in [0.15, 0.2) is 66.9 Å². The van der Waals surface area contributed by atoms with Gasteiger partial charge in [0.15, 0.2) is 11.5 Å². The number of amides is 1. The van der Waals surface area contributed by atoms with Crippen molar-refractivity contribution in [2.45, 2.75) is 0 Å². The van der Waals surface area contributed by atoms with Gasteiger partial charge < -0.3 is 19.8 Å².